The molecule has 2 unspecified atom stereocenters. The quantitative estimate of drug-likeness (QED) is 0.807. The molecule has 2 aromatic rings. The number of hydrogen-bond acceptors (Lipinski definition) is 4. The van der Waals surface area contributed by atoms with Gasteiger partial charge in [0.25, 0.3) is 0 Å². The third-order valence-electron chi connectivity index (χ3n) is 5.01. The number of hydrogen-bond donors (Lipinski definition) is 0. The summed E-state index contributed by atoms with van der Waals surface area (Å²) in [4.78, 5) is 21.0. The second-order valence-electron chi connectivity index (χ2n) is 6.98. The summed E-state index contributed by atoms with van der Waals surface area (Å²) >= 11 is 0. The van der Waals surface area contributed by atoms with Crippen molar-refractivity contribution in [2.45, 2.75) is 38.9 Å². The third kappa shape index (κ3) is 4.66. The van der Waals surface area contributed by atoms with Crippen LogP contribution in [0.25, 0.3) is 0 Å². The van der Waals surface area contributed by atoms with E-state index in [1.807, 2.05) is 41.8 Å². The molecule has 0 N–H and O–H groups in total. The van der Waals surface area contributed by atoms with Crippen LogP contribution >= 0.6 is 0 Å². The lowest BCUT2D eigenvalue weighted by molar-refractivity contribution is -0.136. The van der Waals surface area contributed by atoms with Crippen LogP contribution in [-0.2, 0) is 17.9 Å². The lowest BCUT2D eigenvalue weighted by Crippen LogP contribution is -2.49. The molecule has 0 aliphatic carbocycles. The number of piperidine rings is 1. The predicted molar refractivity (Wildman–Crippen MR) is 96.7 cm³/mol. The number of benzene rings is 1. The van der Waals surface area contributed by atoms with E-state index in [2.05, 4.69) is 27.1 Å². The Morgan fingerprint density at radius 3 is 2.88 bits per heavy atom. The largest absolute Gasteiger partial charge is 0.340 e. The summed E-state index contributed by atoms with van der Waals surface area (Å²) in [7, 11) is 1.89. The minimum absolute atomic E-state index is 0.0905. The number of nitrogens with zero attached hydrogens (tertiary/aromatic N) is 5. The summed E-state index contributed by atoms with van der Waals surface area (Å²) in [6.07, 6.45) is 5.64. The Hall–Kier alpha value is -2.21. The maximum Gasteiger partial charge on any atom is 0.239 e. The van der Waals surface area contributed by atoms with Crippen LogP contribution < -0.4 is 0 Å². The summed E-state index contributed by atoms with van der Waals surface area (Å²) in [5, 5.41) is 4.20. The van der Waals surface area contributed by atoms with Gasteiger partial charge in [-0.1, -0.05) is 30.3 Å². The molecule has 2 atom stereocenters. The Bertz CT molecular complexity index is 658. The van der Waals surface area contributed by atoms with E-state index in [-0.39, 0.29) is 11.9 Å². The highest BCUT2D eigenvalue weighted by atomic mass is 16.2. The van der Waals surface area contributed by atoms with Gasteiger partial charge in [0.1, 0.15) is 12.7 Å². The van der Waals surface area contributed by atoms with Crippen molar-refractivity contribution in [1.82, 2.24) is 24.6 Å². The molecule has 1 amide bonds. The van der Waals surface area contributed by atoms with Crippen LogP contribution in [0.3, 0.4) is 0 Å². The van der Waals surface area contributed by atoms with Gasteiger partial charge in [0.05, 0.1) is 6.04 Å². The van der Waals surface area contributed by atoms with Crippen molar-refractivity contribution < 1.29 is 4.79 Å². The van der Waals surface area contributed by atoms with Crippen molar-refractivity contribution in [2.75, 3.05) is 20.1 Å². The van der Waals surface area contributed by atoms with Gasteiger partial charge in [-0.3, -0.25) is 14.4 Å². The van der Waals surface area contributed by atoms with E-state index in [0.717, 1.165) is 31.6 Å². The molecular formula is C19H27N5O. The summed E-state index contributed by atoms with van der Waals surface area (Å²) in [6, 6.07) is 10.0. The van der Waals surface area contributed by atoms with E-state index in [9.17, 15) is 4.79 Å². The van der Waals surface area contributed by atoms with Gasteiger partial charge in [-0.2, -0.15) is 5.10 Å². The Kier molecular flexibility index (Phi) is 5.81. The van der Waals surface area contributed by atoms with Crippen LogP contribution in [0.4, 0.5) is 0 Å². The van der Waals surface area contributed by atoms with Gasteiger partial charge in [-0.25, -0.2) is 4.98 Å². The number of carbonyl (C=O) groups is 1. The molecule has 0 saturated carbocycles. The Morgan fingerprint density at radius 2 is 2.16 bits per heavy atom. The fraction of sp³-hybridized carbons (Fsp3) is 0.526. The van der Waals surface area contributed by atoms with Crippen LogP contribution in [0.15, 0.2) is 43.0 Å². The average molecular weight is 341 g/mol. The molecule has 3 rings (SSSR count). The lowest BCUT2D eigenvalue weighted by Gasteiger charge is -2.37. The number of rotatable bonds is 6. The van der Waals surface area contributed by atoms with Gasteiger partial charge >= 0.3 is 0 Å². The number of likely N-dealkylation sites (tertiary alicyclic amines) is 1. The second kappa shape index (κ2) is 8.25. The molecule has 2 heterocycles. The minimum Gasteiger partial charge on any atom is -0.340 e. The van der Waals surface area contributed by atoms with E-state index < -0.39 is 0 Å². The standard InChI is InChI=1S/C19H27N5O/c1-16(19(25)22(2)11-17-7-4-3-5-8-17)23-10-6-9-18(12-23)13-24-15-20-14-21-24/h3-5,7-8,14-16,18H,6,9-13H2,1-2H3. The SMILES string of the molecule is CC(C(=O)N(C)Cc1ccccc1)N1CCCC(Cn2cncn2)C1. The maximum absolute atomic E-state index is 12.8. The lowest BCUT2D eigenvalue weighted by atomic mass is 9.96. The van der Waals surface area contributed by atoms with Crippen molar-refractivity contribution in [3.8, 4) is 0 Å². The van der Waals surface area contributed by atoms with Crippen molar-refractivity contribution in [3.63, 3.8) is 0 Å². The zero-order chi connectivity index (χ0) is 17.6. The van der Waals surface area contributed by atoms with Gasteiger partial charge in [-0.05, 0) is 37.8 Å². The van der Waals surface area contributed by atoms with E-state index in [1.54, 1.807) is 12.7 Å². The molecule has 1 aliphatic heterocycles. The molecule has 1 fully saturated rings. The molecule has 1 saturated heterocycles. The van der Waals surface area contributed by atoms with Crippen molar-refractivity contribution >= 4 is 5.91 Å². The van der Waals surface area contributed by atoms with Crippen LogP contribution in [0.5, 0.6) is 0 Å². The van der Waals surface area contributed by atoms with Gasteiger partial charge in [0, 0.05) is 26.7 Å². The van der Waals surface area contributed by atoms with Crippen LogP contribution in [0, 0.1) is 5.92 Å². The molecule has 1 aliphatic rings. The molecule has 0 bridgehead atoms. The fourth-order valence-electron chi connectivity index (χ4n) is 3.60. The van der Waals surface area contributed by atoms with Crippen LogP contribution in [0.1, 0.15) is 25.3 Å². The summed E-state index contributed by atoms with van der Waals surface area (Å²) in [6.45, 7) is 5.48. The van der Waals surface area contributed by atoms with Crippen molar-refractivity contribution in [1.29, 1.82) is 0 Å². The molecule has 1 aromatic heterocycles. The molecular weight excluding hydrogens is 314 g/mol. The van der Waals surface area contributed by atoms with Crippen molar-refractivity contribution in [2.24, 2.45) is 5.92 Å². The zero-order valence-corrected chi connectivity index (χ0v) is 15.1. The van der Waals surface area contributed by atoms with Crippen LogP contribution in [-0.4, -0.2) is 56.7 Å². The minimum atomic E-state index is -0.0905. The highest BCUT2D eigenvalue weighted by Crippen LogP contribution is 2.21. The topological polar surface area (TPSA) is 54.3 Å². The van der Waals surface area contributed by atoms with Gasteiger partial charge in [0.2, 0.25) is 5.91 Å². The normalized spacial score (nSPS) is 19.5. The van der Waals surface area contributed by atoms with Gasteiger partial charge in [-0.15, -0.1) is 0 Å². The summed E-state index contributed by atoms with van der Waals surface area (Å²) in [5.41, 5.74) is 1.16. The van der Waals surface area contributed by atoms with E-state index >= 15 is 0 Å². The molecule has 6 nitrogen and oxygen atoms in total. The molecule has 25 heavy (non-hydrogen) atoms. The Morgan fingerprint density at radius 1 is 1.36 bits per heavy atom. The average Bonchev–Trinajstić information content (AvgIpc) is 3.14. The van der Waals surface area contributed by atoms with E-state index in [0.29, 0.717) is 12.5 Å². The Labute approximate surface area is 149 Å². The first-order chi connectivity index (χ1) is 12.1. The van der Waals surface area contributed by atoms with Gasteiger partial charge < -0.3 is 4.90 Å². The number of aromatic nitrogens is 3. The molecule has 1 aromatic carbocycles. The molecule has 0 spiro atoms. The Balaban J connectivity index is 1.55. The molecule has 134 valence electrons. The zero-order valence-electron chi connectivity index (χ0n) is 15.1. The highest BCUT2D eigenvalue weighted by molar-refractivity contribution is 5.81. The first-order valence-corrected chi connectivity index (χ1v) is 8.99. The number of amides is 1. The molecule has 6 heteroatoms. The third-order valence-corrected chi connectivity index (χ3v) is 5.01. The predicted octanol–water partition coefficient (Wildman–Crippen LogP) is 2.04. The maximum atomic E-state index is 12.8. The first-order valence-electron chi connectivity index (χ1n) is 8.99. The smallest absolute Gasteiger partial charge is 0.239 e. The van der Waals surface area contributed by atoms with E-state index in [1.165, 1.54) is 6.42 Å². The first kappa shape index (κ1) is 17.6. The summed E-state index contributed by atoms with van der Waals surface area (Å²) < 4.78 is 1.89. The second-order valence-corrected chi connectivity index (χ2v) is 6.98. The molecule has 0 radical (unpaired) electrons. The van der Waals surface area contributed by atoms with Gasteiger partial charge in [0.15, 0.2) is 0 Å². The monoisotopic (exact) mass is 341 g/mol. The summed E-state index contributed by atoms with van der Waals surface area (Å²) in [5.74, 6) is 0.704. The highest BCUT2D eigenvalue weighted by Gasteiger charge is 2.29. The van der Waals surface area contributed by atoms with Crippen molar-refractivity contribution in [3.05, 3.63) is 48.5 Å². The number of likely N-dealkylation sites (N-methyl/N-ethyl adjacent to an activating group) is 1. The fourth-order valence-corrected chi connectivity index (χ4v) is 3.60. The van der Waals surface area contributed by atoms with E-state index in [4.69, 9.17) is 0 Å². The van der Waals surface area contributed by atoms with Crippen LogP contribution in [0.2, 0.25) is 0 Å². The number of carbonyl (C=O) groups excluding carboxylic acids is 1.